The molecule has 0 saturated heterocycles. The number of amidine groups is 1. The van der Waals surface area contributed by atoms with Crippen LogP contribution < -0.4 is 11.1 Å². The van der Waals surface area contributed by atoms with Gasteiger partial charge in [0.2, 0.25) is 0 Å². The van der Waals surface area contributed by atoms with Crippen LogP contribution in [-0.4, -0.2) is 11.0 Å². The molecule has 110 valence electrons. The summed E-state index contributed by atoms with van der Waals surface area (Å²) in [5, 5.41) is 15.8. The molecule has 0 aromatic heterocycles. The van der Waals surface area contributed by atoms with Crippen molar-refractivity contribution >= 4 is 17.4 Å². The Kier molecular flexibility index (Phi) is 5.20. The fraction of sp³-hybridized carbons (Fsp3) is 0.188. The predicted octanol–water partition coefficient (Wildman–Crippen LogP) is 3.29. The van der Waals surface area contributed by atoms with E-state index in [4.69, 9.17) is 22.5 Å². The number of hydrogen-bond donors (Lipinski definition) is 3. The first-order chi connectivity index (χ1) is 10.1. The zero-order chi connectivity index (χ0) is 15.2. The molecule has 0 aliphatic carbocycles. The Morgan fingerprint density at radius 1 is 1.19 bits per heavy atom. The Morgan fingerprint density at radius 2 is 1.81 bits per heavy atom. The molecule has 0 radical (unpaired) electrons. The molecule has 0 heterocycles. The first-order valence-corrected chi connectivity index (χ1v) is 7.03. The van der Waals surface area contributed by atoms with Crippen LogP contribution >= 0.6 is 11.6 Å². The molecule has 21 heavy (non-hydrogen) atoms. The van der Waals surface area contributed by atoms with E-state index < -0.39 is 0 Å². The largest absolute Gasteiger partial charge is 0.409 e. The normalized spacial score (nSPS) is 13.1. The summed E-state index contributed by atoms with van der Waals surface area (Å²) in [5.41, 5.74) is 8.55. The lowest BCUT2D eigenvalue weighted by atomic mass is 10.1. The molecule has 2 rings (SSSR count). The van der Waals surface area contributed by atoms with E-state index in [0.717, 1.165) is 17.1 Å². The fourth-order valence-corrected chi connectivity index (χ4v) is 2.12. The van der Waals surface area contributed by atoms with E-state index in [1.807, 2.05) is 48.5 Å². The Balaban J connectivity index is 1.95. The predicted molar refractivity (Wildman–Crippen MR) is 85.7 cm³/mol. The molecule has 4 N–H and O–H groups in total. The number of nitrogens with zero attached hydrogens (tertiary/aromatic N) is 1. The molecule has 0 bridgehead atoms. The van der Waals surface area contributed by atoms with Crippen molar-refractivity contribution in [3.63, 3.8) is 0 Å². The Bertz CT molecular complexity index is 608. The molecule has 1 atom stereocenters. The first-order valence-electron chi connectivity index (χ1n) is 6.66. The van der Waals surface area contributed by atoms with Gasteiger partial charge in [-0.2, -0.15) is 0 Å². The Morgan fingerprint density at radius 3 is 2.38 bits per heavy atom. The molecule has 0 fully saturated rings. The van der Waals surface area contributed by atoms with Gasteiger partial charge in [-0.1, -0.05) is 53.2 Å². The average molecular weight is 304 g/mol. The number of halogens is 1. The van der Waals surface area contributed by atoms with Crippen molar-refractivity contribution in [3.8, 4) is 0 Å². The van der Waals surface area contributed by atoms with E-state index in [-0.39, 0.29) is 11.9 Å². The van der Waals surface area contributed by atoms with Crippen LogP contribution in [0.15, 0.2) is 53.7 Å². The van der Waals surface area contributed by atoms with Gasteiger partial charge in [-0.15, -0.1) is 0 Å². The van der Waals surface area contributed by atoms with Gasteiger partial charge < -0.3 is 16.3 Å². The highest BCUT2D eigenvalue weighted by Gasteiger charge is 2.05. The number of benzene rings is 2. The van der Waals surface area contributed by atoms with E-state index in [1.165, 1.54) is 5.56 Å². The highest BCUT2D eigenvalue weighted by molar-refractivity contribution is 6.30. The standard InChI is InChI=1S/C16H18ClN3O/c1-11(13-6-8-15(17)9-7-13)19-10-12-2-4-14(5-3-12)16(18)20-21/h2-9,11,19,21H,10H2,1H3,(H2,18,20). The van der Waals surface area contributed by atoms with E-state index >= 15 is 0 Å². The van der Waals surface area contributed by atoms with Gasteiger partial charge in [-0.05, 0) is 30.2 Å². The van der Waals surface area contributed by atoms with Crippen molar-refractivity contribution in [1.29, 1.82) is 0 Å². The number of nitrogens with two attached hydrogens (primary N) is 1. The maximum Gasteiger partial charge on any atom is 0.170 e. The van der Waals surface area contributed by atoms with Gasteiger partial charge in [0.15, 0.2) is 5.84 Å². The van der Waals surface area contributed by atoms with E-state index in [9.17, 15) is 0 Å². The molecule has 0 spiro atoms. The molecular weight excluding hydrogens is 286 g/mol. The lowest BCUT2D eigenvalue weighted by Crippen LogP contribution is -2.18. The van der Waals surface area contributed by atoms with Gasteiger partial charge in [0, 0.05) is 23.2 Å². The Labute approximate surface area is 129 Å². The SMILES string of the molecule is CC(NCc1ccc(C(N)=NO)cc1)c1ccc(Cl)cc1. The highest BCUT2D eigenvalue weighted by atomic mass is 35.5. The average Bonchev–Trinajstić information content (AvgIpc) is 2.53. The third-order valence-electron chi connectivity index (χ3n) is 3.34. The molecule has 0 aliphatic rings. The van der Waals surface area contributed by atoms with Crippen LogP contribution in [0.2, 0.25) is 5.02 Å². The van der Waals surface area contributed by atoms with Crippen LogP contribution in [0.25, 0.3) is 0 Å². The van der Waals surface area contributed by atoms with Crippen LogP contribution in [0.1, 0.15) is 29.7 Å². The summed E-state index contributed by atoms with van der Waals surface area (Å²) in [6, 6.07) is 15.6. The summed E-state index contributed by atoms with van der Waals surface area (Å²) in [4.78, 5) is 0. The summed E-state index contributed by atoms with van der Waals surface area (Å²) in [6.45, 7) is 2.84. The minimum Gasteiger partial charge on any atom is -0.409 e. The van der Waals surface area contributed by atoms with Gasteiger partial charge in [0.25, 0.3) is 0 Å². The third-order valence-corrected chi connectivity index (χ3v) is 3.59. The van der Waals surface area contributed by atoms with Crippen LogP contribution in [-0.2, 0) is 6.54 Å². The number of oxime groups is 1. The van der Waals surface area contributed by atoms with Crippen LogP contribution in [0.5, 0.6) is 0 Å². The molecule has 0 aliphatic heterocycles. The van der Waals surface area contributed by atoms with Crippen LogP contribution in [0, 0.1) is 0 Å². The van der Waals surface area contributed by atoms with Crippen molar-refractivity contribution in [2.75, 3.05) is 0 Å². The van der Waals surface area contributed by atoms with E-state index in [0.29, 0.717) is 5.56 Å². The second-order valence-electron chi connectivity index (χ2n) is 4.84. The lowest BCUT2D eigenvalue weighted by molar-refractivity contribution is 0.318. The molecule has 2 aromatic carbocycles. The summed E-state index contributed by atoms with van der Waals surface area (Å²) >= 11 is 5.88. The summed E-state index contributed by atoms with van der Waals surface area (Å²) in [5.74, 6) is 0.115. The molecule has 4 nitrogen and oxygen atoms in total. The minimum absolute atomic E-state index is 0.115. The topological polar surface area (TPSA) is 70.6 Å². The second-order valence-corrected chi connectivity index (χ2v) is 5.27. The van der Waals surface area contributed by atoms with E-state index in [2.05, 4.69) is 17.4 Å². The van der Waals surface area contributed by atoms with Crippen molar-refractivity contribution in [1.82, 2.24) is 5.32 Å². The fourth-order valence-electron chi connectivity index (χ4n) is 1.99. The van der Waals surface area contributed by atoms with Crippen molar-refractivity contribution in [2.24, 2.45) is 10.9 Å². The van der Waals surface area contributed by atoms with Crippen LogP contribution in [0.3, 0.4) is 0 Å². The molecule has 1 unspecified atom stereocenters. The number of nitrogens with one attached hydrogen (secondary N) is 1. The molecule has 2 aromatic rings. The maximum absolute atomic E-state index is 8.62. The smallest absolute Gasteiger partial charge is 0.170 e. The van der Waals surface area contributed by atoms with Gasteiger partial charge in [-0.3, -0.25) is 0 Å². The van der Waals surface area contributed by atoms with Gasteiger partial charge in [0.1, 0.15) is 0 Å². The summed E-state index contributed by atoms with van der Waals surface area (Å²) in [6.07, 6.45) is 0. The zero-order valence-electron chi connectivity index (χ0n) is 11.8. The third kappa shape index (κ3) is 4.21. The van der Waals surface area contributed by atoms with Gasteiger partial charge in [-0.25, -0.2) is 0 Å². The van der Waals surface area contributed by atoms with E-state index in [1.54, 1.807) is 0 Å². The van der Waals surface area contributed by atoms with Crippen molar-refractivity contribution in [2.45, 2.75) is 19.5 Å². The first kappa shape index (κ1) is 15.4. The van der Waals surface area contributed by atoms with Gasteiger partial charge in [0.05, 0.1) is 0 Å². The number of hydrogen-bond acceptors (Lipinski definition) is 3. The monoisotopic (exact) mass is 303 g/mol. The quantitative estimate of drug-likeness (QED) is 0.343. The van der Waals surface area contributed by atoms with Crippen LogP contribution in [0.4, 0.5) is 0 Å². The zero-order valence-corrected chi connectivity index (χ0v) is 12.5. The summed E-state index contributed by atoms with van der Waals surface area (Å²) < 4.78 is 0. The Hall–Kier alpha value is -2.04. The minimum atomic E-state index is 0.115. The molecule has 0 saturated carbocycles. The second kappa shape index (κ2) is 7.11. The number of rotatable bonds is 5. The van der Waals surface area contributed by atoms with Crippen molar-refractivity contribution in [3.05, 3.63) is 70.2 Å². The maximum atomic E-state index is 8.62. The van der Waals surface area contributed by atoms with Gasteiger partial charge >= 0.3 is 0 Å². The van der Waals surface area contributed by atoms with Crippen molar-refractivity contribution < 1.29 is 5.21 Å². The molecule has 5 heteroatoms. The molecular formula is C16H18ClN3O. The summed E-state index contributed by atoms with van der Waals surface area (Å²) in [7, 11) is 0. The lowest BCUT2D eigenvalue weighted by Gasteiger charge is -2.14. The molecule has 0 amide bonds. The highest BCUT2D eigenvalue weighted by Crippen LogP contribution is 2.16.